The van der Waals surface area contributed by atoms with Gasteiger partial charge in [0.1, 0.15) is 24.0 Å². The van der Waals surface area contributed by atoms with Crippen molar-refractivity contribution in [2.45, 2.75) is 26.0 Å². The molecule has 0 spiro atoms. The number of carbonyl (C=O) groups is 2. The normalized spacial score (nSPS) is 11.7. The molecule has 38 heavy (non-hydrogen) atoms. The fraction of sp³-hybridized carbons (Fsp3) is 0.129. The van der Waals surface area contributed by atoms with Gasteiger partial charge in [-0.15, -0.1) is 0 Å². The van der Waals surface area contributed by atoms with Gasteiger partial charge in [-0.05, 0) is 35.7 Å². The molecule has 1 heterocycles. The molecule has 0 radical (unpaired) electrons. The number of alkyl carbamates (subject to hydrolysis) is 1. The van der Waals surface area contributed by atoms with Gasteiger partial charge < -0.3 is 19.2 Å². The third-order valence-corrected chi connectivity index (χ3v) is 6.18. The zero-order valence-corrected chi connectivity index (χ0v) is 20.7. The number of aryl methyl sites for hydroxylation is 1. The quantitative estimate of drug-likeness (QED) is 0.131. The second-order valence-electron chi connectivity index (χ2n) is 8.92. The molecule has 1 atom stereocenters. The molecule has 5 aromatic rings. The SMILES string of the molecule is Cc1cc(OC(=O)[C@@H](Cc2ccccc2)NC(=O)OCc2ccccc2)cc2oc(=O)c3ccccc3c12. The highest BCUT2D eigenvalue weighted by atomic mass is 16.6. The van der Waals surface area contributed by atoms with Gasteiger partial charge in [-0.25, -0.2) is 14.4 Å². The Morgan fingerprint density at radius 1 is 0.842 bits per heavy atom. The van der Waals surface area contributed by atoms with Crippen molar-refractivity contribution < 1.29 is 23.5 Å². The van der Waals surface area contributed by atoms with Crippen LogP contribution in [0.2, 0.25) is 0 Å². The summed E-state index contributed by atoms with van der Waals surface area (Å²) in [5, 5.41) is 4.64. The standard InChI is InChI=1S/C31H25NO6/c1-20-16-23(18-27-28(20)24-14-8-9-15-25(24)29(33)38-27)37-30(34)26(17-21-10-4-2-5-11-21)32-31(35)36-19-22-12-6-3-7-13-22/h2-16,18,26H,17,19H2,1H3,(H,32,35)/t26-/m1/s1. The number of carbonyl (C=O) groups excluding carboxylic acids is 2. The Kier molecular flexibility index (Phi) is 7.17. The van der Waals surface area contributed by atoms with E-state index in [2.05, 4.69) is 5.32 Å². The highest BCUT2D eigenvalue weighted by molar-refractivity contribution is 6.06. The molecular weight excluding hydrogens is 482 g/mol. The fourth-order valence-electron chi connectivity index (χ4n) is 4.38. The van der Waals surface area contributed by atoms with Gasteiger partial charge in [-0.3, -0.25) is 0 Å². The van der Waals surface area contributed by atoms with Gasteiger partial charge in [0.2, 0.25) is 0 Å². The molecule has 4 aromatic carbocycles. The van der Waals surface area contributed by atoms with Crippen LogP contribution in [0.1, 0.15) is 16.7 Å². The first kappa shape index (κ1) is 24.8. The Bertz CT molecular complexity index is 1660. The lowest BCUT2D eigenvalue weighted by Gasteiger charge is -2.18. The summed E-state index contributed by atoms with van der Waals surface area (Å²) in [5.74, 6) is -0.469. The van der Waals surface area contributed by atoms with Gasteiger partial charge in [0.15, 0.2) is 0 Å². The number of fused-ring (bicyclic) bond motifs is 3. The topological polar surface area (TPSA) is 94.8 Å². The minimum absolute atomic E-state index is 0.0661. The van der Waals surface area contributed by atoms with Crippen LogP contribution in [0.5, 0.6) is 5.75 Å². The van der Waals surface area contributed by atoms with Crippen LogP contribution in [0.25, 0.3) is 21.7 Å². The molecule has 0 saturated carbocycles. The molecule has 0 aliphatic rings. The van der Waals surface area contributed by atoms with E-state index < -0.39 is 23.7 Å². The summed E-state index contributed by atoms with van der Waals surface area (Å²) < 4.78 is 16.5. The lowest BCUT2D eigenvalue weighted by atomic mass is 10.0. The molecular formula is C31H25NO6. The van der Waals surface area contributed by atoms with Crippen LogP contribution in [0.15, 0.2) is 106 Å². The number of rotatable bonds is 7. The number of hydrogen-bond donors (Lipinski definition) is 1. The van der Waals surface area contributed by atoms with Crippen molar-refractivity contribution in [3.63, 3.8) is 0 Å². The predicted molar refractivity (Wildman–Crippen MR) is 144 cm³/mol. The van der Waals surface area contributed by atoms with Crippen molar-refractivity contribution in [1.29, 1.82) is 0 Å². The second-order valence-corrected chi connectivity index (χ2v) is 8.92. The summed E-state index contributed by atoms with van der Waals surface area (Å²) >= 11 is 0. The van der Waals surface area contributed by atoms with Gasteiger partial charge in [0, 0.05) is 23.3 Å². The molecule has 0 fully saturated rings. The molecule has 0 saturated heterocycles. The van der Waals surface area contributed by atoms with Crippen molar-refractivity contribution >= 4 is 33.8 Å². The molecule has 7 nitrogen and oxygen atoms in total. The number of nitrogens with one attached hydrogen (secondary N) is 1. The third-order valence-electron chi connectivity index (χ3n) is 6.18. The predicted octanol–water partition coefficient (Wildman–Crippen LogP) is 5.70. The first-order valence-corrected chi connectivity index (χ1v) is 12.2. The fourth-order valence-corrected chi connectivity index (χ4v) is 4.38. The Morgan fingerprint density at radius 2 is 1.47 bits per heavy atom. The Labute approximate surface area is 218 Å². The van der Waals surface area contributed by atoms with E-state index in [0.29, 0.717) is 11.0 Å². The van der Waals surface area contributed by atoms with Crippen molar-refractivity contribution in [1.82, 2.24) is 5.32 Å². The molecule has 7 heteroatoms. The van der Waals surface area contributed by atoms with Crippen LogP contribution < -0.4 is 15.7 Å². The van der Waals surface area contributed by atoms with Crippen LogP contribution in [-0.2, 0) is 22.6 Å². The molecule has 0 bridgehead atoms. The molecule has 1 N–H and O–H groups in total. The van der Waals surface area contributed by atoms with E-state index in [1.807, 2.05) is 79.7 Å². The zero-order valence-electron chi connectivity index (χ0n) is 20.7. The molecule has 190 valence electrons. The molecule has 0 aliphatic heterocycles. The monoisotopic (exact) mass is 507 g/mol. The van der Waals surface area contributed by atoms with Crippen LogP contribution in [0, 0.1) is 6.92 Å². The lowest BCUT2D eigenvalue weighted by Crippen LogP contribution is -2.44. The molecule has 0 aliphatic carbocycles. The van der Waals surface area contributed by atoms with Crippen molar-refractivity contribution in [2.75, 3.05) is 0 Å². The van der Waals surface area contributed by atoms with E-state index in [1.54, 1.807) is 18.2 Å². The van der Waals surface area contributed by atoms with Crippen LogP contribution >= 0.6 is 0 Å². The van der Waals surface area contributed by atoms with E-state index in [0.717, 1.165) is 27.5 Å². The minimum atomic E-state index is -1.01. The smallest absolute Gasteiger partial charge is 0.408 e. The first-order chi connectivity index (χ1) is 18.5. The largest absolute Gasteiger partial charge is 0.445 e. The summed E-state index contributed by atoms with van der Waals surface area (Å²) in [7, 11) is 0. The van der Waals surface area contributed by atoms with Gasteiger partial charge in [0.05, 0.1) is 5.39 Å². The average Bonchev–Trinajstić information content (AvgIpc) is 2.92. The number of benzene rings is 4. The van der Waals surface area contributed by atoms with Crippen molar-refractivity contribution in [3.8, 4) is 5.75 Å². The maximum Gasteiger partial charge on any atom is 0.408 e. The number of amides is 1. The highest BCUT2D eigenvalue weighted by Crippen LogP contribution is 2.30. The number of ether oxygens (including phenoxy) is 2. The maximum absolute atomic E-state index is 13.3. The molecule has 1 amide bonds. The second kappa shape index (κ2) is 11.0. The summed E-state index contributed by atoms with van der Waals surface area (Å²) in [6.45, 7) is 1.92. The van der Waals surface area contributed by atoms with Gasteiger partial charge in [-0.1, -0.05) is 78.9 Å². The number of hydrogen-bond acceptors (Lipinski definition) is 6. The summed E-state index contributed by atoms with van der Waals surface area (Å²) in [6.07, 6.45) is -0.536. The van der Waals surface area contributed by atoms with E-state index in [-0.39, 0.29) is 18.8 Å². The van der Waals surface area contributed by atoms with Crippen molar-refractivity contribution in [3.05, 3.63) is 124 Å². The first-order valence-electron chi connectivity index (χ1n) is 12.2. The highest BCUT2D eigenvalue weighted by Gasteiger charge is 2.25. The van der Waals surface area contributed by atoms with E-state index in [9.17, 15) is 14.4 Å². The zero-order chi connectivity index (χ0) is 26.5. The van der Waals surface area contributed by atoms with E-state index >= 15 is 0 Å². The van der Waals surface area contributed by atoms with E-state index in [4.69, 9.17) is 13.9 Å². The van der Waals surface area contributed by atoms with Gasteiger partial charge in [-0.2, -0.15) is 0 Å². The summed E-state index contributed by atoms with van der Waals surface area (Å²) in [5.41, 5.74) is 2.28. The molecule has 0 unspecified atom stereocenters. The van der Waals surface area contributed by atoms with Crippen LogP contribution in [-0.4, -0.2) is 18.1 Å². The summed E-state index contributed by atoms with van der Waals surface area (Å²) in [4.78, 5) is 38.3. The molecule has 5 rings (SSSR count). The van der Waals surface area contributed by atoms with E-state index in [1.165, 1.54) is 6.07 Å². The number of esters is 1. The maximum atomic E-state index is 13.3. The van der Waals surface area contributed by atoms with Crippen LogP contribution in [0.3, 0.4) is 0 Å². The Balaban J connectivity index is 1.38. The average molecular weight is 508 g/mol. The van der Waals surface area contributed by atoms with Gasteiger partial charge in [0.25, 0.3) is 0 Å². The Morgan fingerprint density at radius 3 is 2.18 bits per heavy atom. The van der Waals surface area contributed by atoms with Gasteiger partial charge >= 0.3 is 17.7 Å². The van der Waals surface area contributed by atoms with Crippen LogP contribution in [0.4, 0.5) is 4.79 Å². The Hall–Kier alpha value is -4.91. The summed E-state index contributed by atoms with van der Waals surface area (Å²) in [6, 6.07) is 28.0. The lowest BCUT2D eigenvalue weighted by molar-refractivity contribution is -0.136. The third kappa shape index (κ3) is 5.57. The minimum Gasteiger partial charge on any atom is -0.445 e. The molecule has 1 aromatic heterocycles. The van der Waals surface area contributed by atoms with Crippen molar-refractivity contribution in [2.24, 2.45) is 0 Å².